The summed E-state index contributed by atoms with van der Waals surface area (Å²) in [5.41, 5.74) is 4.71. The van der Waals surface area contributed by atoms with Crippen LogP contribution in [0.25, 0.3) is 0 Å². The fourth-order valence-corrected chi connectivity index (χ4v) is 3.06. The van der Waals surface area contributed by atoms with Crippen LogP contribution >= 0.6 is 0 Å². The van der Waals surface area contributed by atoms with Gasteiger partial charge in [0.25, 0.3) is 0 Å². The molecule has 0 spiro atoms. The summed E-state index contributed by atoms with van der Waals surface area (Å²) in [7, 11) is 0. The van der Waals surface area contributed by atoms with Crippen molar-refractivity contribution in [3.63, 3.8) is 0 Å². The minimum atomic E-state index is -0.416. The molecule has 2 atom stereocenters. The van der Waals surface area contributed by atoms with Crippen LogP contribution in [0.2, 0.25) is 0 Å². The Kier molecular flexibility index (Phi) is 4.61. The summed E-state index contributed by atoms with van der Waals surface area (Å²) in [6.07, 6.45) is -0.416. The molecule has 2 rings (SSSR count). The van der Waals surface area contributed by atoms with E-state index < -0.39 is 6.10 Å². The van der Waals surface area contributed by atoms with E-state index in [1.807, 2.05) is 0 Å². The van der Waals surface area contributed by atoms with Crippen molar-refractivity contribution >= 4 is 0 Å². The fraction of sp³-hybridized carbons (Fsp3) is 0.625. The van der Waals surface area contributed by atoms with Crippen molar-refractivity contribution in [1.82, 2.24) is 4.90 Å². The van der Waals surface area contributed by atoms with Gasteiger partial charge >= 0.3 is 0 Å². The van der Waals surface area contributed by atoms with Crippen LogP contribution in [-0.4, -0.2) is 42.4 Å². The Hall–Kier alpha value is -0.900. The highest BCUT2D eigenvalue weighted by Gasteiger charge is 2.23. The molecule has 106 valence electrons. The third kappa shape index (κ3) is 3.35. The Morgan fingerprint density at radius 2 is 1.95 bits per heavy atom. The van der Waals surface area contributed by atoms with Crippen LogP contribution in [-0.2, 0) is 4.74 Å². The molecular weight excluding hydrogens is 238 g/mol. The van der Waals surface area contributed by atoms with Crippen LogP contribution in [0.15, 0.2) is 12.1 Å². The average Bonchev–Trinajstić information content (AvgIpc) is 2.30. The first-order valence-corrected chi connectivity index (χ1v) is 7.06. The maximum atomic E-state index is 10.6. The molecule has 3 heteroatoms. The third-order valence-electron chi connectivity index (χ3n) is 3.98. The van der Waals surface area contributed by atoms with E-state index in [2.05, 4.69) is 44.7 Å². The molecule has 0 saturated carbocycles. The Bertz CT molecular complexity index is 421. The van der Waals surface area contributed by atoms with Gasteiger partial charge in [0.1, 0.15) is 0 Å². The van der Waals surface area contributed by atoms with Crippen molar-refractivity contribution in [2.75, 3.05) is 26.3 Å². The molecule has 2 unspecified atom stereocenters. The quantitative estimate of drug-likeness (QED) is 0.908. The van der Waals surface area contributed by atoms with Gasteiger partial charge in [0, 0.05) is 19.1 Å². The highest BCUT2D eigenvalue weighted by atomic mass is 16.5. The van der Waals surface area contributed by atoms with Gasteiger partial charge < -0.3 is 9.84 Å². The molecule has 1 N–H and O–H groups in total. The zero-order chi connectivity index (χ0) is 14.0. The summed E-state index contributed by atoms with van der Waals surface area (Å²) >= 11 is 0. The second-order valence-electron chi connectivity index (χ2n) is 5.75. The number of aliphatic hydroxyl groups is 1. The number of morpholine rings is 1. The number of β-amino-alcohol motifs (C(OH)–C–C–N with tert-alkyl or cyclic N) is 1. The molecule has 19 heavy (non-hydrogen) atoms. The van der Waals surface area contributed by atoms with E-state index in [-0.39, 0.29) is 0 Å². The molecule has 1 heterocycles. The molecule has 0 bridgehead atoms. The predicted molar refractivity (Wildman–Crippen MR) is 77.5 cm³/mol. The van der Waals surface area contributed by atoms with Gasteiger partial charge in [-0.05, 0) is 44.4 Å². The highest BCUT2D eigenvalue weighted by Crippen LogP contribution is 2.25. The van der Waals surface area contributed by atoms with Crippen LogP contribution in [0.4, 0.5) is 0 Å². The van der Waals surface area contributed by atoms with Gasteiger partial charge in [-0.2, -0.15) is 0 Å². The maximum Gasteiger partial charge on any atom is 0.0922 e. The second-order valence-corrected chi connectivity index (χ2v) is 5.75. The number of hydrogen-bond acceptors (Lipinski definition) is 3. The second kappa shape index (κ2) is 6.04. The van der Waals surface area contributed by atoms with Gasteiger partial charge in [0.05, 0.1) is 19.3 Å². The van der Waals surface area contributed by atoms with Crippen LogP contribution < -0.4 is 0 Å². The van der Waals surface area contributed by atoms with Gasteiger partial charge in [-0.25, -0.2) is 0 Å². The van der Waals surface area contributed by atoms with E-state index in [9.17, 15) is 5.11 Å². The molecule has 1 aliphatic rings. The lowest BCUT2D eigenvalue weighted by molar-refractivity contribution is -0.0204. The van der Waals surface area contributed by atoms with E-state index in [1.165, 1.54) is 16.7 Å². The molecule has 3 nitrogen and oxygen atoms in total. The predicted octanol–water partition coefficient (Wildman–Crippen LogP) is 2.37. The van der Waals surface area contributed by atoms with Crippen LogP contribution in [0.3, 0.4) is 0 Å². The van der Waals surface area contributed by atoms with E-state index in [0.717, 1.165) is 25.3 Å². The molecule has 0 amide bonds. The summed E-state index contributed by atoms with van der Waals surface area (Å²) in [6, 6.07) is 4.68. The van der Waals surface area contributed by atoms with Crippen molar-refractivity contribution in [3.8, 4) is 0 Å². The van der Waals surface area contributed by atoms with Gasteiger partial charge in [-0.1, -0.05) is 17.7 Å². The SMILES string of the molecule is Cc1cc(C)c(C(O)CN2CCOCC2C)c(C)c1. The molecule has 1 aromatic rings. The largest absolute Gasteiger partial charge is 0.387 e. The molecule has 0 radical (unpaired) electrons. The smallest absolute Gasteiger partial charge is 0.0922 e. The molecule has 1 saturated heterocycles. The topological polar surface area (TPSA) is 32.7 Å². The lowest BCUT2D eigenvalue weighted by Crippen LogP contribution is -2.45. The maximum absolute atomic E-state index is 10.6. The van der Waals surface area contributed by atoms with Crippen molar-refractivity contribution in [1.29, 1.82) is 0 Å². The lowest BCUT2D eigenvalue weighted by Gasteiger charge is -2.35. The van der Waals surface area contributed by atoms with Crippen molar-refractivity contribution in [3.05, 3.63) is 34.4 Å². The molecule has 1 aromatic carbocycles. The van der Waals surface area contributed by atoms with Crippen LogP contribution in [0, 0.1) is 20.8 Å². The molecule has 1 aliphatic heterocycles. The minimum absolute atomic E-state index is 0.384. The summed E-state index contributed by atoms with van der Waals surface area (Å²) < 4.78 is 5.44. The van der Waals surface area contributed by atoms with E-state index >= 15 is 0 Å². The molecule has 0 aromatic heterocycles. The Morgan fingerprint density at radius 1 is 1.32 bits per heavy atom. The number of hydrogen-bond donors (Lipinski definition) is 1. The Balaban J connectivity index is 2.13. The van der Waals surface area contributed by atoms with Crippen molar-refractivity contribution in [2.24, 2.45) is 0 Å². The first-order chi connectivity index (χ1) is 8.99. The Labute approximate surface area is 116 Å². The average molecular weight is 263 g/mol. The third-order valence-corrected chi connectivity index (χ3v) is 3.98. The van der Waals surface area contributed by atoms with E-state index in [4.69, 9.17) is 4.74 Å². The molecular formula is C16H25NO2. The molecule has 0 aliphatic carbocycles. The standard InChI is InChI=1S/C16H25NO2/c1-11-7-12(2)16(13(3)8-11)15(18)9-17-5-6-19-10-14(17)4/h7-8,14-15,18H,5-6,9-10H2,1-4H3. The number of aliphatic hydroxyl groups excluding tert-OH is 1. The van der Waals surface area contributed by atoms with Gasteiger partial charge in [-0.3, -0.25) is 4.90 Å². The van der Waals surface area contributed by atoms with Gasteiger partial charge in [0.15, 0.2) is 0 Å². The number of ether oxygens (including phenoxy) is 1. The first kappa shape index (κ1) is 14.5. The summed E-state index contributed by atoms with van der Waals surface area (Å²) in [4.78, 5) is 2.31. The summed E-state index contributed by atoms with van der Waals surface area (Å²) in [5.74, 6) is 0. The van der Waals surface area contributed by atoms with Crippen LogP contribution in [0.5, 0.6) is 0 Å². The Morgan fingerprint density at radius 3 is 2.53 bits per heavy atom. The van der Waals surface area contributed by atoms with E-state index in [0.29, 0.717) is 12.6 Å². The van der Waals surface area contributed by atoms with Crippen molar-refractivity contribution < 1.29 is 9.84 Å². The first-order valence-electron chi connectivity index (χ1n) is 7.06. The number of aryl methyl sites for hydroxylation is 3. The van der Waals surface area contributed by atoms with Gasteiger partial charge in [-0.15, -0.1) is 0 Å². The zero-order valence-electron chi connectivity index (χ0n) is 12.4. The number of rotatable bonds is 3. The summed E-state index contributed by atoms with van der Waals surface area (Å²) in [6.45, 7) is 11.5. The van der Waals surface area contributed by atoms with Crippen LogP contribution in [0.1, 0.15) is 35.3 Å². The minimum Gasteiger partial charge on any atom is -0.387 e. The lowest BCUT2D eigenvalue weighted by atomic mass is 9.95. The number of nitrogens with zero attached hydrogens (tertiary/aromatic N) is 1. The van der Waals surface area contributed by atoms with Crippen molar-refractivity contribution in [2.45, 2.75) is 39.8 Å². The summed E-state index contributed by atoms with van der Waals surface area (Å²) in [5, 5.41) is 10.6. The zero-order valence-corrected chi connectivity index (χ0v) is 12.4. The van der Waals surface area contributed by atoms with E-state index in [1.54, 1.807) is 0 Å². The highest BCUT2D eigenvalue weighted by molar-refractivity contribution is 5.39. The monoisotopic (exact) mass is 263 g/mol. The molecule has 1 fully saturated rings. The fourth-order valence-electron chi connectivity index (χ4n) is 3.06. The normalized spacial score (nSPS) is 22.5. The van der Waals surface area contributed by atoms with Gasteiger partial charge in [0.2, 0.25) is 0 Å². The number of benzene rings is 1.